The van der Waals surface area contributed by atoms with Crippen molar-refractivity contribution in [2.24, 2.45) is 0 Å². The summed E-state index contributed by atoms with van der Waals surface area (Å²) in [6.07, 6.45) is 2.77. The van der Waals surface area contributed by atoms with Gasteiger partial charge in [0.05, 0.1) is 0 Å². The molecule has 0 radical (unpaired) electrons. The summed E-state index contributed by atoms with van der Waals surface area (Å²) in [4.78, 5) is 5.34. The monoisotopic (exact) mass is 182 g/mol. The molecule has 3 aliphatic heterocycles. The first-order valence-electron chi connectivity index (χ1n) is 5.62. The zero-order valence-electron chi connectivity index (χ0n) is 9.21. The van der Waals surface area contributed by atoms with Crippen LogP contribution in [-0.4, -0.2) is 47.6 Å². The lowest BCUT2D eigenvalue weighted by Gasteiger charge is -2.39. The van der Waals surface area contributed by atoms with E-state index < -0.39 is 0 Å². The summed E-state index contributed by atoms with van der Waals surface area (Å²) in [6.45, 7) is 12.2. The molecule has 2 heteroatoms. The summed E-state index contributed by atoms with van der Waals surface area (Å²) in [6, 6.07) is 0.860. The van der Waals surface area contributed by atoms with Gasteiger partial charge in [-0.05, 0) is 46.3 Å². The molecule has 76 valence electrons. The lowest BCUT2D eigenvalue weighted by molar-refractivity contribution is 0.0916. The van der Waals surface area contributed by atoms with E-state index in [2.05, 4.69) is 30.6 Å². The van der Waals surface area contributed by atoms with Gasteiger partial charge in [-0.3, -0.25) is 4.90 Å². The van der Waals surface area contributed by atoms with Crippen LogP contribution in [0.4, 0.5) is 0 Å². The highest BCUT2D eigenvalue weighted by molar-refractivity contribution is 4.95. The highest BCUT2D eigenvalue weighted by Gasteiger charge is 2.39. The Hall–Kier alpha value is -0.0800. The van der Waals surface area contributed by atoms with Gasteiger partial charge in [0.25, 0.3) is 0 Å². The van der Waals surface area contributed by atoms with Crippen molar-refractivity contribution in [3.8, 4) is 0 Å². The first kappa shape index (κ1) is 9.47. The molecule has 2 nitrogen and oxygen atoms in total. The maximum absolute atomic E-state index is 2.71. The Morgan fingerprint density at radius 1 is 1.23 bits per heavy atom. The summed E-state index contributed by atoms with van der Waals surface area (Å²) >= 11 is 0. The molecule has 13 heavy (non-hydrogen) atoms. The Labute approximate surface area is 81.9 Å². The molecule has 0 aromatic heterocycles. The predicted octanol–water partition coefficient (Wildman–Crippen LogP) is 1.56. The quantitative estimate of drug-likeness (QED) is 0.607. The molecule has 0 atom stereocenters. The van der Waals surface area contributed by atoms with E-state index in [1.54, 1.807) is 0 Å². The van der Waals surface area contributed by atoms with Crippen LogP contribution in [0.25, 0.3) is 0 Å². The third-order valence-corrected chi connectivity index (χ3v) is 3.73. The molecule has 0 aliphatic carbocycles. The number of piperidine rings is 1. The van der Waals surface area contributed by atoms with Gasteiger partial charge in [-0.15, -0.1) is 0 Å². The molecular formula is C11H22N2. The van der Waals surface area contributed by atoms with E-state index in [4.69, 9.17) is 0 Å². The van der Waals surface area contributed by atoms with E-state index in [0.717, 1.165) is 6.04 Å². The first-order chi connectivity index (χ1) is 6.13. The molecular weight excluding hydrogens is 160 g/mol. The average Bonchev–Trinajstić information content (AvgIpc) is 2.26. The van der Waals surface area contributed by atoms with Gasteiger partial charge in [-0.2, -0.15) is 0 Å². The van der Waals surface area contributed by atoms with Crippen LogP contribution >= 0.6 is 0 Å². The number of hydrogen-bond acceptors (Lipinski definition) is 2. The molecule has 0 spiro atoms. The number of hydrogen-bond donors (Lipinski definition) is 0. The van der Waals surface area contributed by atoms with Gasteiger partial charge in [-0.25, -0.2) is 0 Å². The Balaban J connectivity index is 2.21. The second-order valence-electron chi connectivity index (χ2n) is 5.11. The zero-order chi connectivity index (χ0) is 9.47. The molecule has 2 bridgehead atoms. The fraction of sp³-hybridized carbons (Fsp3) is 1.00. The van der Waals surface area contributed by atoms with Crippen molar-refractivity contribution in [3.63, 3.8) is 0 Å². The smallest absolute Gasteiger partial charge is 0.0283 e. The molecule has 0 amide bonds. The van der Waals surface area contributed by atoms with Crippen molar-refractivity contribution >= 4 is 0 Å². The Morgan fingerprint density at radius 3 is 2.38 bits per heavy atom. The number of rotatable bonds is 1. The van der Waals surface area contributed by atoms with Gasteiger partial charge < -0.3 is 4.90 Å². The molecule has 3 heterocycles. The molecule has 0 aromatic rings. The fourth-order valence-corrected chi connectivity index (χ4v) is 3.21. The van der Waals surface area contributed by atoms with Crippen molar-refractivity contribution < 1.29 is 0 Å². The van der Waals surface area contributed by atoms with Crippen LogP contribution in [0.1, 0.15) is 33.6 Å². The Morgan fingerprint density at radius 2 is 1.85 bits per heavy atom. The second kappa shape index (κ2) is 3.25. The standard InChI is InChI=1S/C11H22N2/c1-4-13-10-5-7-12(8-6-10)9-11(13,2)3/h10H,4-9H2,1-3H3. The lowest BCUT2D eigenvalue weighted by Crippen LogP contribution is -2.50. The molecule has 3 aliphatic rings. The van der Waals surface area contributed by atoms with Gasteiger partial charge in [0.15, 0.2) is 0 Å². The molecule has 3 rings (SSSR count). The van der Waals surface area contributed by atoms with Crippen LogP contribution in [-0.2, 0) is 0 Å². The number of likely N-dealkylation sites (N-methyl/N-ethyl adjacent to an activating group) is 1. The second-order valence-corrected chi connectivity index (χ2v) is 5.11. The topological polar surface area (TPSA) is 6.48 Å². The van der Waals surface area contributed by atoms with Crippen molar-refractivity contribution in [2.75, 3.05) is 26.2 Å². The van der Waals surface area contributed by atoms with E-state index in [-0.39, 0.29) is 0 Å². The molecule has 0 unspecified atom stereocenters. The number of nitrogens with zero attached hydrogens (tertiary/aromatic N) is 2. The SMILES string of the molecule is CCN1C2CCN(CC2)CC1(C)C. The Bertz CT molecular complexity index is 181. The maximum Gasteiger partial charge on any atom is 0.0283 e. The van der Waals surface area contributed by atoms with Crippen LogP contribution in [0.5, 0.6) is 0 Å². The molecule has 3 fully saturated rings. The number of fused-ring (bicyclic) bond motifs is 4. The molecule has 0 saturated carbocycles. The Kier molecular flexibility index (Phi) is 2.37. The van der Waals surface area contributed by atoms with E-state index in [9.17, 15) is 0 Å². The first-order valence-corrected chi connectivity index (χ1v) is 5.62. The van der Waals surface area contributed by atoms with E-state index in [1.807, 2.05) is 0 Å². The molecule has 0 N–H and O–H groups in total. The van der Waals surface area contributed by atoms with E-state index in [0.29, 0.717) is 5.54 Å². The van der Waals surface area contributed by atoms with E-state index in [1.165, 1.54) is 39.0 Å². The van der Waals surface area contributed by atoms with Gasteiger partial charge >= 0.3 is 0 Å². The minimum atomic E-state index is 0.395. The van der Waals surface area contributed by atoms with Crippen molar-refractivity contribution in [1.82, 2.24) is 9.80 Å². The predicted molar refractivity (Wildman–Crippen MR) is 55.9 cm³/mol. The summed E-state index contributed by atoms with van der Waals surface area (Å²) < 4.78 is 0. The van der Waals surface area contributed by atoms with Gasteiger partial charge in [-0.1, -0.05) is 6.92 Å². The minimum Gasteiger partial charge on any atom is -0.301 e. The summed E-state index contributed by atoms with van der Waals surface area (Å²) in [5, 5.41) is 0. The maximum atomic E-state index is 2.71. The lowest BCUT2D eigenvalue weighted by atomic mass is 10.00. The van der Waals surface area contributed by atoms with Gasteiger partial charge in [0, 0.05) is 18.1 Å². The molecule has 0 aromatic carbocycles. The van der Waals surface area contributed by atoms with Crippen LogP contribution in [0.15, 0.2) is 0 Å². The van der Waals surface area contributed by atoms with Crippen LogP contribution in [0.3, 0.4) is 0 Å². The van der Waals surface area contributed by atoms with Crippen LogP contribution in [0, 0.1) is 0 Å². The zero-order valence-corrected chi connectivity index (χ0v) is 9.21. The fourth-order valence-electron chi connectivity index (χ4n) is 3.21. The average molecular weight is 182 g/mol. The van der Waals surface area contributed by atoms with Crippen molar-refractivity contribution in [1.29, 1.82) is 0 Å². The minimum absolute atomic E-state index is 0.395. The van der Waals surface area contributed by atoms with Crippen molar-refractivity contribution in [3.05, 3.63) is 0 Å². The third kappa shape index (κ3) is 1.62. The largest absolute Gasteiger partial charge is 0.301 e. The summed E-state index contributed by atoms with van der Waals surface area (Å²) in [5.74, 6) is 0. The van der Waals surface area contributed by atoms with Crippen LogP contribution in [0.2, 0.25) is 0 Å². The normalized spacial score (nSPS) is 39.0. The van der Waals surface area contributed by atoms with E-state index >= 15 is 0 Å². The highest BCUT2D eigenvalue weighted by Crippen LogP contribution is 2.30. The van der Waals surface area contributed by atoms with Crippen LogP contribution < -0.4 is 0 Å². The van der Waals surface area contributed by atoms with Gasteiger partial charge in [0.2, 0.25) is 0 Å². The van der Waals surface area contributed by atoms with Crippen molar-refractivity contribution in [2.45, 2.75) is 45.2 Å². The summed E-state index contributed by atoms with van der Waals surface area (Å²) in [7, 11) is 0. The third-order valence-electron chi connectivity index (χ3n) is 3.73. The molecule has 3 saturated heterocycles. The summed E-state index contributed by atoms with van der Waals surface area (Å²) in [5.41, 5.74) is 0.395. The highest BCUT2D eigenvalue weighted by atomic mass is 15.3. The van der Waals surface area contributed by atoms with Gasteiger partial charge in [0.1, 0.15) is 0 Å².